The van der Waals surface area contributed by atoms with Crippen molar-refractivity contribution in [2.45, 2.75) is 25.4 Å². The minimum Gasteiger partial charge on any atom is -0.480 e. The summed E-state index contributed by atoms with van der Waals surface area (Å²) in [5.74, 6) is -1.74. The summed E-state index contributed by atoms with van der Waals surface area (Å²) in [4.78, 5) is 37.5. The van der Waals surface area contributed by atoms with Gasteiger partial charge in [0.2, 0.25) is 0 Å². The summed E-state index contributed by atoms with van der Waals surface area (Å²) in [7, 11) is 1.22. The third kappa shape index (κ3) is 6.37. The summed E-state index contributed by atoms with van der Waals surface area (Å²) >= 11 is 0. The smallest absolute Gasteiger partial charge is 0.326 e. The highest BCUT2D eigenvalue weighted by Gasteiger charge is 2.21. The second kappa shape index (κ2) is 8.51. The third-order valence-electron chi connectivity index (χ3n) is 2.67. The maximum atomic E-state index is 11.6. The number of hydrogen-bond acceptors (Lipinski definition) is 5. The lowest BCUT2D eigenvalue weighted by Gasteiger charge is -2.14. The van der Waals surface area contributed by atoms with E-state index in [-0.39, 0.29) is 19.4 Å². The van der Waals surface area contributed by atoms with E-state index in [0.717, 1.165) is 5.56 Å². The summed E-state index contributed by atoms with van der Waals surface area (Å²) in [5.41, 5.74) is 0.835. The number of nitrogens with one attached hydrogen (secondary N) is 2. The second-order valence-corrected chi connectivity index (χ2v) is 4.19. The highest BCUT2D eigenvalue weighted by atomic mass is 16.5. The van der Waals surface area contributed by atoms with E-state index >= 15 is 0 Å². The van der Waals surface area contributed by atoms with Gasteiger partial charge in [0.05, 0.1) is 7.11 Å². The molecule has 0 bridgehead atoms. The number of amides is 2. The minimum absolute atomic E-state index is 0.0370. The number of aromatic nitrogens is 1. The number of ether oxygens (including phenoxy) is 1. The first-order valence-corrected chi connectivity index (χ1v) is 6.26. The van der Waals surface area contributed by atoms with Gasteiger partial charge in [-0.25, -0.2) is 9.59 Å². The Morgan fingerprint density at radius 2 is 2.00 bits per heavy atom. The van der Waals surface area contributed by atoms with Crippen molar-refractivity contribution in [3.05, 3.63) is 30.1 Å². The number of pyridine rings is 1. The van der Waals surface area contributed by atoms with Gasteiger partial charge in [0.1, 0.15) is 6.04 Å². The molecule has 0 saturated carbocycles. The van der Waals surface area contributed by atoms with Gasteiger partial charge in [-0.1, -0.05) is 0 Å². The van der Waals surface area contributed by atoms with E-state index in [1.165, 1.54) is 7.11 Å². The van der Waals surface area contributed by atoms with Crippen molar-refractivity contribution in [1.82, 2.24) is 15.6 Å². The van der Waals surface area contributed by atoms with Crippen LogP contribution in [0.2, 0.25) is 0 Å². The molecule has 0 spiro atoms. The molecule has 1 atom stereocenters. The van der Waals surface area contributed by atoms with Crippen LogP contribution in [0.5, 0.6) is 0 Å². The molecule has 114 valence electrons. The molecule has 2 amide bonds. The molecule has 8 heteroatoms. The summed E-state index contributed by atoms with van der Waals surface area (Å²) in [6, 6.07) is 1.68. The fourth-order valence-electron chi connectivity index (χ4n) is 1.51. The van der Waals surface area contributed by atoms with Gasteiger partial charge in [0, 0.05) is 25.4 Å². The second-order valence-electron chi connectivity index (χ2n) is 4.19. The van der Waals surface area contributed by atoms with Crippen LogP contribution in [0.1, 0.15) is 18.4 Å². The van der Waals surface area contributed by atoms with Gasteiger partial charge in [-0.2, -0.15) is 0 Å². The number of carboxylic acid groups (broad SMARTS) is 1. The number of nitrogens with zero attached hydrogens (tertiary/aromatic N) is 1. The van der Waals surface area contributed by atoms with Gasteiger partial charge < -0.3 is 20.5 Å². The molecule has 0 aromatic carbocycles. The lowest BCUT2D eigenvalue weighted by atomic mass is 10.1. The lowest BCUT2D eigenvalue weighted by molar-refractivity contribution is -0.142. The summed E-state index contributed by atoms with van der Waals surface area (Å²) in [5, 5.41) is 13.8. The molecule has 1 heterocycles. The molecule has 0 aliphatic carbocycles. The molecular weight excluding hydrogens is 278 g/mol. The first-order chi connectivity index (χ1) is 10.0. The van der Waals surface area contributed by atoms with Crippen molar-refractivity contribution in [3.63, 3.8) is 0 Å². The van der Waals surface area contributed by atoms with Gasteiger partial charge in [0.25, 0.3) is 0 Å². The van der Waals surface area contributed by atoms with Crippen molar-refractivity contribution in [1.29, 1.82) is 0 Å². The van der Waals surface area contributed by atoms with Crippen LogP contribution in [0.4, 0.5) is 4.79 Å². The van der Waals surface area contributed by atoms with Crippen LogP contribution in [-0.2, 0) is 20.9 Å². The predicted octanol–water partition coefficient (Wildman–Crippen LogP) is 0.287. The van der Waals surface area contributed by atoms with Crippen LogP contribution in [0.25, 0.3) is 0 Å². The van der Waals surface area contributed by atoms with Gasteiger partial charge in [-0.3, -0.25) is 9.78 Å². The Bertz CT molecular complexity index is 492. The molecule has 0 radical (unpaired) electrons. The van der Waals surface area contributed by atoms with Crippen LogP contribution in [0.3, 0.4) is 0 Å². The molecule has 0 fully saturated rings. The fraction of sp³-hybridized carbons (Fsp3) is 0.385. The van der Waals surface area contributed by atoms with Gasteiger partial charge >= 0.3 is 18.0 Å². The zero-order chi connectivity index (χ0) is 15.7. The molecule has 1 rings (SSSR count). The van der Waals surface area contributed by atoms with Gasteiger partial charge in [-0.15, -0.1) is 0 Å². The molecule has 0 aliphatic rings. The molecule has 0 saturated heterocycles. The molecule has 3 N–H and O–H groups in total. The van der Waals surface area contributed by atoms with E-state index in [1.807, 2.05) is 0 Å². The van der Waals surface area contributed by atoms with Crippen LogP contribution in [0, 0.1) is 0 Å². The number of carbonyl (C=O) groups is 3. The highest BCUT2D eigenvalue weighted by molar-refractivity contribution is 5.83. The first kappa shape index (κ1) is 16.4. The van der Waals surface area contributed by atoms with Crippen molar-refractivity contribution in [2.75, 3.05) is 7.11 Å². The highest BCUT2D eigenvalue weighted by Crippen LogP contribution is 2.00. The van der Waals surface area contributed by atoms with Crippen LogP contribution in [-0.4, -0.2) is 41.2 Å². The van der Waals surface area contributed by atoms with Gasteiger partial charge in [0.15, 0.2) is 0 Å². The Balaban J connectivity index is 2.41. The lowest BCUT2D eigenvalue weighted by Crippen LogP contribution is -2.46. The predicted molar refractivity (Wildman–Crippen MR) is 72.3 cm³/mol. The number of methoxy groups -OCH3 is 1. The van der Waals surface area contributed by atoms with E-state index in [0.29, 0.717) is 0 Å². The first-order valence-electron chi connectivity index (χ1n) is 6.26. The monoisotopic (exact) mass is 295 g/mol. The van der Waals surface area contributed by atoms with E-state index in [4.69, 9.17) is 5.11 Å². The van der Waals surface area contributed by atoms with Gasteiger partial charge in [-0.05, 0) is 24.1 Å². The minimum atomic E-state index is -1.21. The molecule has 1 aromatic heterocycles. The molecule has 0 aliphatic heterocycles. The largest absolute Gasteiger partial charge is 0.480 e. The standard InChI is InChI=1S/C13H17N3O5/c1-21-11(17)3-2-10(12(18)19)16-13(20)15-8-9-4-6-14-7-5-9/h4-7,10H,2-3,8H2,1H3,(H,18,19)(H2,15,16,20)/t10-/m0/s1. The summed E-state index contributed by atoms with van der Waals surface area (Å²) in [6.45, 7) is 0.248. The number of hydrogen-bond donors (Lipinski definition) is 3. The number of esters is 1. The number of aliphatic carboxylic acids is 1. The Morgan fingerprint density at radius 1 is 1.33 bits per heavy atom. The Morgan fingerprint density at radius 3 is 2.57 bits per heavy atom. The molecule has 21 heavy (non-hydrogen) atoms. The van der Waals surface area contributed by atoms with Crippen molar-refractivity contribution in [3.8, 4) is 0 Å². The summed E-state index contributed by atoms with van der Waals surface area (Å²) < 4.78 is 4.42. The molecular formula is C13H17N3O5. The number of carbonyl (C=O) groups excluding carboxylic acids is 2. The summed E-state index contributed by atoms with van der Waals surface area (Å²) in [6.07, 6.45) is 3.06. The SMILES string of the molecule is COC(=O)CC[C@H](NC(=O)NCc1ccncc1)C(=O)O. The Labute approximate surface area is 121 Å². The molecule has 0 unspecified atom stereocenters. The zero-order valence-electron chi connectivity index (χ0n) is 11.5. The fourth-order valence-corrected chi connectivity index (χ4v) is 1.51. The number of carboxylic acids is 1. The van der Waals surface area contributed by atoms with Crippen molar-refractivity contribution >= 4 is 18.0 Å². The maximum absolute atomic E-state index is 11.6. The van der Waals surface area contributed by atoms with E-state index in [2.05, 4.69) is 20.4 Å². The van der Waals surface area contributed by atoms with Crippen LogP contribution >= 0.6 is 0 Å². The normalized spacial score (nSPS) is 11.3. The van der Waals surface area contributed by atoms with Crippen LogP contribution in [0.15, 0.2) is 24.5 Å². The third-order valence-corrected chi connectivity index (χ3v) is 2.67. The van der Waals surface area contributed by atoms with Crippen LogP contribution < -0.4 is 10.6 Å². The molecule has 1 aromatic rings. The number of rotatable bonds is 7. The van der Waals surface area contributed by atoms with Crippen molar-refractivity contribution < 1.29 is 24.2 Å². The maximum Gasteiger partial charge on any atom is 0.326 e. The Kier molecular flexibility index (Phi) is 6.66. The average Bonchev–Trinajstić information content (AvgIpc) is 2.49. The quantitative estimate of drug-likeness (QED) is 0.622. The topological polar surface area (TPSA) is 118 Å². The van der Waals surface area contributed by atoms with E-state index < -0.39 is 24.0 Å². The zero-order valence-corrected chi connectivity index (χ0v) is 11.5. The van der Waals surface area contributed by atoms with Crippen molar-refractivity contribution in [2.24, 2.45) is 0 Å². The Hall–Kier alpha value is -2.64. The molecule has 8 nitrogen and oxygen atoms in total. The van der Waals surface area contributed by atoms with E-state index in [9.17, 15) is 14.4 Å². The average molecular weight is 295 g/mol. The van der Waals surface area contributed by atoms with E-state index in [1.54, 1.807) is 24.5 Å². The number of urea groups is 1.